The molecule has 13 nitrogen and oxygen atoms in total. The summed E-state index contributed by atoms with van der Waals surface area (Å²) in [4.78, 5) is 70.1. The number of hydrogen-bond acceptors (Lipinski definition) is 11. The van der Waals surface area contributed by atoms with Crippen molar-refractivity contribution in [1.82, 2.24) is 9.13 Å². The van der Waals surface area contributed by atoms with Gasteiger partial charge in [-0.2, -0.15) is 21.0 Å². The Morgan fingerprint density at radius 2 is 0.978 bits per heavy atom. The zero-order valence-electron chi connectivity index (χ0n) is 22.9. The predicted octanol–water partition coefficient (Wildman–Crippen LogP) is 2.02. The Kier molecular flexibility index (Phi) is 6.37. The Labute approximate surface area is 255 Å². The van der Waals surface area contributed by atoms with Crippen LogP contribution in [0.5, 0.6) is 11.5 Å². The van der Waals surface area contributed by atoms with Crippen LogP contribution in [-0.4, -0.2) is 25.1 Å². The van der Waals surface area contributed by atoms with E-state index in [1.165, 1.54) is 24.3 Å². The molecule has 0 spiro atoms. The summed E-state index contributed by atoms with van der Waals surface area (Å²) in [6.45, 7) is 0. The summed E-state index contributed by atoms with van der Waals surface area (Å²) < 4.78 is 0.867. The second-order valence-electron chi connectivity index (χ2n) is 9.91. The van der Waals surface area contributed by atoms with Gasteiger partial charge in [0.2, 0.25) is 0 Å². The second-order valence-corrected chi connectivity index (χ2v) is 9.91. The third-order valence-corrected chi connectivity index (χ3v) is 7.41. The van der Waals surface area contributed by atoms with Gasteiger partial charge < -0.3 is 10.2 Å². The van der Waals surface area contributed by atoms with Gasteiger partial charge in [-0.25, -0.2) is 9.13 Å². The summed E-state index contributed by atoms with van der Waals surface area (Å²) in [5, 5.41) is 56.6. The molecule has 0 atom stereocenters. The fourth-order valence-corrected chi connectivity index (χ4v) is 5.54. The molecule has 4 aromatic carbocycles. The smallest absolute Gasteiger partial charge is 0.267 e. The maximum Gasteiger partial charge on any atom is 0.267 e. The topological polar surface area (TPSA) is 231 Å². The number of phenols is 2. The molecule has 2 N–H and O–H groups in total. The van der Waals surface area contributed by atoms with Crippen LogP contribution in [0.1, 0.15) is 38.2 Å². The van der Waals surface area contributed by atoms with Gasteiger partial charge in [-0.05, 0) is 30.3 Å². The first-order chi connectivity index (χ1) is 22.1. The first-order valence-corrected chi connectivity index (χ1v) is 13.0. The highest BCUT2D eigenvalue weighted by atomic mass is 16.3. The molecule has 6 rings (SSSR count). The van der Waals surface area contributed by atoms with E-state index in [0.717, 1.165) is 30.3 Å². The molecule has 13 heteroatoms. The molecular weight excluding hydrogens is 592 g/mol. The number of hydrogen-bond donors (Lipinski definition) is 2. The Balaban J connectivity index is 1.89. The van der Waals surface area contributed by atoms with Crippen LogP contribution in [0.25, 0.3) is 32.9 Å². The van der Waals surface area contributed by atoms with Crippen molar-refractivity contribution in [3.05, 3.63) is 135 Å². The van der Waals surface area contributed by atoms with Gasteiger partial charge in [0.05, 0.1) is 55.2 Å². The molecule has 0 bridgehead atoms. The monoisotopic (exact) mass is 604 g/mol. The lowest BCUT2D eigenvalue weighted by Crippen LogP contribution is -2.26. The summed E-state index contributed by atoms with van der Waals surface area (Å²) in [5.74, 6) is -1.83. The van der Waals surface area contributed by atoms with Gasteiger partial charge in [0, 0.05) is 11.1 Å². The molecule has 216 valence electrons. The van der Waals surface area contributed by atoms with Crippen molar-refractivity contribution in [2.24, 2.45) is 0 Å². The summed E-state index contributed by atoms with van der Waals surface area (Å²) >= 11 is 0. The zero-order chi connectivity index (χ0) is 33.0. The van der Waals surface area contributed by atoms with Gasteiger partial charge in [-0.1, -0.05) is 30.3 Å². The zero-order valence-corrected chi connectivity index (χ0v) is 22.9. The van der Waals surface area contributed by atoms with Crippen LogP contribution in [0.2, 0.25) is 0 Å². The lowest BCUT2D eigenvalue weighted by atomic mass is 9.96. The van der Waals surface area contributed by atoms with Gasteiger partial charge >= 0.3 is 0 Å². The van der Waals surface area contributed by atoms with E-state index >= 15 is 0 Å². The Morgan fingerprint density at radius 3 is 1.43 bits per heavy atom. The molecule has 0 saturated heterocycles. The average Bonchev–Trinajstić information content (AvgIpc) is 3.46. The molecule has 2 aromatic heterocycles. The standard InChI is InChI=1S/C33H12N6O7/c34-11-16-6-20(40)7-17(12-35)27(16)38-30(43)23-10-22(29(42)15-4-2-1-3-5-15)24-26(25(23)32(38)45)33(46)39(31(24)44)28-18(13-36)8-21(41)9-19(28)14-37/h1-10,40-41H. The second kappa shape index (κ2) is 10.3. The molecule has 0 amide bonds. The Morgan fingerprint density at radius 1 is 0.565 bits per heavy atom. The third-order valence-electron chi connectivity index (χ3n) is 7.41. The van der Waals surface area contributed by atoms with E-state index in [9.17, 15) is 55.2 Å². The molecule has 0 unspecified atom stereocenters. The summed E-state index contributed by atoms with van der Waals surface area (Å²) in [6, 6.07) is 19.0. The van der Waals surface area contributed by atoms with Crippen molar-refractivity contribution in [1.29, 1.82) is 21.0 Å². The number of fused-ring (bicyclic) bond motifs is 3. The number of carbonyl (C=O) groups is 1. The minimum Gasteiger partial charge on any atom is -0.508 e. The lowest BCUT2D eigenvalue weighted by Gasteiger charge is -2.07. The third kappa shape index (κ3) is 3.88. The predicted molar refractivity (Wildman–Crippen MR) is 160 cm³/mol. The van der Waals surface area contributed by atoms with Crippen LogP contribution < -0.4 is 22.2 Å². The average molecular weight is 604 g/mol. The van der Waals surface area contributed by atoms with Gasteiger partial charge in [0.25, 0.3) is 22.2 Å². The fourth-order valence-electron chi connectivity index (χ4n) is 5.54. The van der Waals surface area contributed by atoms with Gasteiger partial charge in [-0.3, -0.25) is 24.0 Å². The minimum atomic E-state index is -1.26. The number of nitriles is 4. The summed E-state index contributed by atoms with van der Waals surface area (Å²) in [6.07, 6.45) is 0. The normalized spacial score (nSPS) is 10.7. The molecule has 0 fully saturated rings. The van der Waals surface area contributed by atoms with Gasteiger partial charge in [0.15, 0.2) is 5.78 Å². The van der Waals surface area contributed by atoms with E-state index in [4.69, 9.17) is 0 Å². The maximum atomic E-state index is 14.2. The highest BCUT2D eigenvalue weighted by Gasteiger charge is 2.31. The van der Waals surface area contributed by atoms with E-state index in [2.05, 4.69) is 0 Å². The number of aromatic nitrogens is 2. The molecule has 2 heterocycles. The molecular formula is C33H12N6O7. The van der Waals surface area contributed by atoms with Crippen molar-refractivity contribution in [2.75, 3.05) is 0 Å². The number of rotatable bonds is 4. The molecule has 0 aliphatic rings. The minimum absolute atomic E-state index is 0.0501. The van der Waals surface area contributed by atoms with Gasteiger partial charge in [0.1, 0.15) is 35.8 Å². The van der Waals surface area contributed by atoms with E-state index in [1.54, 1.807) is 30.3 Å². The van der Waals surface area contributed by atoms with Crippen molar-refractivity contribution in [3.63, 3.8) is 0 Å². The van der Waals surface area contributed by atoms with Crippen LogP contribution in [0.15, 0.2) is 79.8 Å². The maximum absolute atomic E-state index is 14.2. The van der Waals surface area contributed by atoms with E-state index < -0.39 is 100 Å². The molecule has 0 aliphatic heterocycles. The van der Waals surface area contributed by atoms with Crippen molar-refractivity contribution < 1.29 is 15.0 Å². The van der Waals surface area contributed by atoms with Crippen LogP contribution >= 0.6 is 0 Å². The number of aromatic hydroxyl groups is 2. The van der Waals surface area contributed by atoms with Crippen LogP contribution in [0, 0.1) is 45.3 Å². The van der Waals surface area contributed by atoms with Gasteiger partial charge in [-0.15, -0.1) is 0 Å². The Bertz CT molecular complexity index is 2690. The molecule has 0 saturated carbocycles. The number of phenolic OH excluding ortho intramolecular Hbond substituents is 2. The molecule has 6 aromatic rings. The highest BCUT2D eigenvalue weighted by molar-refractivity contribution is 6.22. The van der Waals surface area contributed by atoms with Crippen molar-refractivity contribution in [3.8, 4) is 47.2 Å². The Hall–Kier alpha value is -7.61. The lowest BCUT2D eigenvalue weighted by molar-refractivity contribution is 0.104. The fraction of sp³-hybridized carbons (Fsp3) is 0. The number of ketones is 1. The van der Waals surface area contributed by atoms with Crippen molar-refractivity contribution in [2.45, 2.75) is 0 Å². The number of benzene rings is 4. The number of carbonyl (C=O) groups excluding carboxylic acids is 1. The first kappa shape index (κ1) is 28.5. The van der Waals surface area contributed by atoms with Crippen LogP contribution in [0.3, 0.4) is 0 Å². The SMILES string of the molecule is N#Cc1cc(O)cc(C#N)c1-n1c(=O)c2cc(C(=O)c3ccccc3)c3c(=O)n(-c4c(C#N)cc(O)cc4C#N)c(=O)c3c2c1=O. The van der Waals surface area contributed by atoms with Crippen LogP contribution in [0.4, 0.5) is 0 Å². The number of nitrogens with zero attached hydrogens (tertiary/aromatic N) is 6. The molecule has 0 aliphatic carbocycles. The summed E-state index contributed by atoms with van der Waals surface area (Å²) in [7, 11) is 0. The highest BCUT2D eigenvalue weighted by Crippen LogP contribution is 2.29. The quantitative estimate of drug-likeness (QED) is 0.276. The molecule has 0 radical (unpaired) electrons. The largest absolute Gasteiger partial charge is 0.508 e. The van der Waals surface area contributed by atoms with Crippen molar-refractivity contribution >= 4 is 27.3 Å². The van der Waals surface area contributed by atoms with E-state index in [1.807, 2.05) is 0 Å². The summed E-state index contributed by atoms with van der Waals surface area (Å²) in [5.41, 5.74) is -8.01. The molecule has 46 heavy (non-hydrogen) atoms. The van der Waals surface area contributed by atoms with E-state index in [0.29, 0.717) is 9.13 Å². The van der Waals surface area contributed by atoms with Crippen LogP contribution in [-0.2, 0) is 0 Å². The first-order valence-electron chi connectivity index (χ1n) is 13.0. The van der Waals surface area contributed by atoms with E-state index in [-0.39, 0.29) is 5.56 Å².